The van der Waals surface area contributed by atoms with Crippen LogP contribution in [0.15, 0.2) is 53.7 Å². The summed E-state index contributed by atoms with van der Waals surface area (Å²) in [4.78, 5) is 41.1. The highest BCUT2D eigenvalue weighted by Crippen LogP contribution is 2.52. The average Bonchev–Trinajstić information content (AvgIpc) is 3.10. The third-order valence-corrected chi connectivity index (χ3v) is 7.11. The van der Waals surface area contributed by atoms with Gasteiger partial charge < -0.3 is 19.7 Å². The molecule has 7 nitrogen and oxygen atoms in total. The largest absolute Gasteiger partial charge is 0.493 e. The van der Waals surface area contributed by atoms with Gasteiger partial charge in [-0.3, -0.25) is 14.4 Å². The lowest BCUT2D eigenvalue weighted by atomic mass is 9.72. The number of methoxy groups -OCH3 is 2. The van der Waals surface area contributed by atoms with Crippen LogP contribution in [0.25, 0.3) is 0 Å². The minimum atomic E-state index is -5.54. The van der Waals surface area contributed by atoms with Crippen LogP contribution in [0.1, 0.15) is 48.2 Å². The maximum absolute atomic E-state index is 15.1. The predicted octanol–water partition coefficient (Wildman–Crippen LogP) is 5.44. The van der Waals surface area contributed by atoms with Gasteiger partial charge in [0.25, 0.3) is 11.8 Å². The van der Waals surface area contributed by atoms with Crippen LogP contribution < -0.4 is 14.8 Å². The molecule has 0 spiro atoms. The molecule has 2 aliphatic rings. The monoisotopic (exact) mass is 584 g/mol. The van der Waals surface area contributed by atoms with Gasteiger partial charge in [0.15, 0.2) is 17.3 Å². The smallest absolute Gasteiger partial charge is 0.425 e. The van der Waals surface area contributed by atoms with Crippen molar-refractivity contribution >= 4 is 17.6 Å². The maximum Gasteiger partial charge on any atom is 0.425 e. The fourth-order valence-corrected chi connectivity index (χ4v) is 5.32. The Morgan fingerprint density at radius 2 is 1.63 bits per heavy atom. The van der Waals surface area contributed by atoms with E-state index in [1.54, 1.807) is 25.2 Å². The number of rotatable bonds is 6. The molecule has 0 fully saturated rings. The van der Waals surface area contributed by atoms with Crippen molar-refractivity contribution in [2.75, 3.05) is 14.2 Å². The molecule has 1 aliphatic carbocycles. The minimum absolute atomic E-state index is 0.122. The fraction of sp³-hybridized carbons (Fsp3) is 0.393. The highest BCUT2D eigenvalue weighted by molar-refractivity contribution is 6.14. The summed E-state index contributed by atoms with van der Waals surface area (Å²) >= 11 is 0. The molecule has 1 aliphatic heterocycles. The molecular formula is C28H26F6N2O5. The van der Waals surface area contributed by atoms with Crippen molar-refractivity contribution < 1.29 is 50.2 Å². The van der Waals surface area contributed by atoms with E-state index in [1.165, 1.54) is 26.4 Å². The molecule has 1 heterocycles. The van der Waals surface area contributed by atoms with Gasteiger partial charge in [0, 0.05) is 23.2 Å². The van der Waals surface area contributed by atoms with E-state index >= 15 is 13.2 Å². The summed E-state index contributed by atoms with van der Waals surface area (Å²) in [5, 5.41) is 1.64. The molecule has 0 saturated heterocycles. The Hall–Kier alpha value is -4.03. The van der Waals surface area contributed by atoms with Crippen molar-refractivity contribution in [2.24, 2.45) is 5.41 Å². The zero-order valence-electron chi connectivity index (χ0n) is 22.4. The van der Waals surface area contributed by atoms with Crippen LogP contribution in [-0.4, -0.2) is 48.4 Å². The van der Waals surface area contributed by atoms with E-state index in [2.05, 4.69) is 0 Å². The lowest BCUT2D eigenvalue weighted by Crippen LogP contribution is -2.66. The molecule has 0 radical (unpaired) electrons. The second kappa shape index (κ2) is 10.1. The Kier molecular flexibility index (Phi) is 7.38. The molecule has 0 bridgehead atoms. The number of nitrogens with one attached hydrogen (secondary N) is 1. The number of amides is 2. The van der Waals surface area contributed by atoms with Gasteiger partial charge in [-0.15, -0.1) is 0 Å². The molecule has 220 valence electrons. The van der Waals surface area contributed by atoms with Crippen molar-refractivity contribution in [1.29, 1.82) is 0 Å². The summed E-state index contributed by atoms with van der Waals surface area (Å²) in [7, 11) is 2.66. The van der Waals surface area contributed by atoms with E-state index in [0.717, 1.165) is 17.0 Å². The Labute approximate surface area is 231 Å². The maximum atomic E-state index is 15.1. The molecule has 4 rings (SSSR count). The van der Waals surface area contributed by atoms with Gasteiger partial charge >= 0.3 is 12.4 Å². The van der Waals surface area contributed by atoms with Crippen LogP contribution in [0.3, 0.4) is 0 Å². The Morgan fingerprint density at radius 3 is 2.22 bits per heavy atom. The van der Waals surface area contributed by atoms with Crippen LogP contribution in [0, 0.1) is 5.41 Å². The number of ether oxygens (including phenoxy) is 2. The molecule has 0 aromatic heterocycles. The van der Waals surface area contributed by atoms with Crippen LogP contribution in [0.4, 0.5) is 26.3 Å². The molecule has 1 atom stereocenters. The lowest BCUT2D eigenvalue weighted by molar-refractivity contribution is -0.190. The van der Waals surface area contributed by atoms with Gasteiger partial charge in [-0.05, 0) is 36.1 Å². The highest BCUT2D eigenvalue weighted by atomic mass is 19.4. The van der Waals surface area contributed by atoms with E-state index in [4.69, 9.17) is 9.47 Å². The van der Waals surface area contributed by atoms with Crippen LogP contribution in [0.5, 0.6) is 11.5 Å². The normalized spacial score (nSPS) is 20.7. The first-order chi connectivity index (χ1) is 19.0. The fourth-order valence-electron chi connectivity index (χ4n) is 5.32. The van der Waals surface area contributed by atoms with E-state index in [0.29, 0.717) is 12.1 Å². The number of ketones is 1. The summed E-state index contributed by atoms with van der Waals surface area (Å²) in [6, 6.07) is 7.34. The van der Waals surface area contributed by atoms with Gasteiger partial charge in [-0.25, -0.2) is 0 Å². The number of hydrogen-bond acceptors (Lipinski definition) is 5. The molecule has 1 N–H and O–H groups in total. The number of alkyl halides is 6. The predicted molar refractivity (Wildman–Crippen MR) is 133 cm³/mol. The van der Waals surface area contributed by atoms with Gasteiger partial charge in [-0.2, -0.15) is 26.3 Å². The van der Waals surface area contributed by atoms with Crippen molar-refractivity contribution in [1.82, 2.24) is 10.2 Å². The topological polar surface area (TPSA) is 84.9 Å². The SMILES string of the molecule is COc1cccc(CN2C(=O)[C@](NC(=O)c3cccc(C(F)(F)F)c3)(C(F)(F)F)C3=C2CC(C)(C)CC3=O)c1OC. The van der Waals surface area contributed by atoms with E-state index in [-0.39, 0.29) is 35.6 Å². The van der Waals surface area contributed by atoms with Crippen LogP contribution in [-0.2, 0) is 22.3 Å². The molecule has 41 heavy (non-hydrogen) atoms. The van der Waals surface area contributed by atoms with Crippen molar-refractivity contribution in [2.45, 2.75) is 51.1 Å². The summed E-state index contributed by atoms with van der Waals surface area (Å²) in [5.41, 5.74) is -7.63. The zero-order chi connectivity index (χ0) is 30.5. The second-order valence-corrected chi connectivity index (χ2v) is 10.6. The number of nitrogens with zero attached hydrogens (tertiary/aromatic N) is 1. The Balaban J connectivity index is 1.88. The highest BCUT2D eigenvalue weighted by Gasteiger charge is 2.71. The third-order valence-electron chi connectivity index (χ3n) is 7.11. The minimum Gasteiger partial charge on any atom is -0.493 e. The first-order valence-corrected chi connectivity index (χ1v) is 12.3. The average molecular weight is 585 g/mol. The number of hydrogen-bond donors (Lipinski definition) is 1. The Morgan fingerprint density at radius 1 is 0.976 bits per heavy atom. The molecule has 0 unspecified atom stereocenters. The second-order valence-electron chi connectivity index (χ2n) is 10.6. The van der Waals surface area contributed by atoms with Gasteiger partial charge in [0.05, 0.1) is 31.9 Å². The lowest BCUT2D eigenvalue weighted by Gasteiger charge is -2.35. The zero-order valence-corrected chi connectivity index (χ0v) is 22.4. The van der Waals surface area contributed by atoms with Gasteiger partial charge in [-0.1, -0.05) is 32.0 Å². The van der Waals surface area contributed by atoms with Gasteiger partial charge in [0.2, 0.25) is 5.54 Å². The third kappa shape index (κ3) is 5.13. The molecule has 2 aromatic rings. The number of Topliss-reactive ketones (excluding diaryl/α,β-unsaturated/α-hetero) is 1. The number of benzene rings is 2. The number of carbonyl (C=O) groups is 3. The summed E-state index contributed by atoms with van der Waals surface area (Å²) in [6.45, 7) is 2.83. The Bertz CT molecular complexity index is 1450. The first kappa shape index (κ1) is 29.9. The summed E-state index contributed by atoms with van der Waals surface area (Å²) < 4.78 is 95.5. The number of carbonyl (C=O) groups excluding carboxylic acids is 3. The molecule has 2 aromatic carbocycles. The van der Waals surface area contributed by atoms with Crippen LogP contribution in [0.2, 0.25) is 0 Å². The van der Waals surface area contributed by atoms with E-state index < -0.39 is 64.1 Å². The molecule has 0 saturated carbocycles. The number of allylic oxidation sites excluding steroid dienone is 1. The van der Waals surface area contributed by atoms with Crippen molar-refractivity contribution in [3.8, 4) is 11.5 Å². The van der Waals surface area contributed by atoms with Crippen molar-refractivity contribution in [3.63, 3.8) is 0 Å². The molecule has 2 amide bonds. The van der Waals surface area contributed by atoms with Crippen LogP contribution >= 0.6 is 0 Å². The molecule has 13 heteroatoms. The van der Waals surface area contributed by atoms with E-state index in [1.807, 2.05) is 0 Å². The number of para-hydroxylation sites is 1. The van der Waals surface area contributed by atoms with Gasteiger partial charge in [0.1, 0.15) is 0 Å². The van der Waals surface area contributed by atoms with E-state index in [9.17, 15) is 27.6 Å². The first-order valence-electron chi connectivity index (χ1n) is 12.3. The number of halogens is 6. The standard InChI is InChI=1S/C28H26F6N2O5/c1-25(2)12-18-21(19(37)13-25)26(28(32,33)34,35-23(38)15-7-5-9-17(11-15)27(29,30)31)24(39)36(18)14-16-8-6-10-20(40-3)22(16)41-4/h5-11H,12-14H2,1-4H3,(H,35,38)/t26-/m0/s1. The summed E-state index contributed by atoms with van der Waals surface area (Å²) in [6.07, 6.45) is -10.9. The molecular weight excluding hydrogens is 558 g/mol. The summed E-state index contributed by atoms with van der Waals surface area (Å²) in [5.74, 6) is -3.89. The quantitative estimate of drug-likeness (QED) is 0.458. The van der Waals surface area contributed by atoms with Crippen molar-refractivity contribution in [3.05, 3.63) is 70.4 Å².